The lowest BCUT2D eigenvalue weighted by molar-refractivity contribution is -0.0447. The number of benzene rings is 2. The summed E-state index contributed by atoms with van der Waals surface area (Å²) in [5.41, 5.74) is 1.54. The van der Waals surface area contributed by atoms with E-state index in [4.69, 9.17) is 4.74 Å². The van der Waals surface area contributed by atoms with Crippen molar-refractivity contribution in [2.45, 2.75) is 36.5 Å². The summed E-state index contributed by atoms with van der Waals surface area (Å²) in [6, 6.07) is 21.3. The smallest absolute Gasteiger partial charge is 0.0947 e. The van der Waals surface area contributed by atoms with Gasteiger partial charge >= 0.3 is 0 Å². The Morgan fingerprint density at radius 3 is 2.24 bits per heavy atom. The summed E-state index contributed by atoms with van der Waals surface area (Å²) in [7, 11) is 0. The Morgan fingerprint density at radius 2 is 1.57 bits per heavy atom. The van der Waals surface area contributed by atoms with E-state index < -0.39 is 0 Å². The molecule has 0 aromatic heterocycles. The molecule has 0 bridgehead atoms. The summed E-state index contributed by atoms with van der Waals surface area (Å²) >= 11 is 1.94. The summed E-state index contributed by atoms with van der Waals surface area (Å²) in [5, 5.41) is 0.457. The third kappa shape index (κ3) is 3.69. The molecule has 2 aromatic carbocycles. The van der Waals surface area contributed by atoms with E-state index in [-0.39, 0.29) is 11.5 Å². The summed E-state index contributed by atoms with van der Waals surface area (Å²) in [6.45, 7) is 5.43. The van der Waals surface area contributed by atoms with Crippen molar-refractivity contribution in [3.05, 3.63) is 66.2 Å². The summed E-state index contributed by atoms with van der Waals surface area (Å²) < 4.78 is 6.24. The van der Waals surface area contributed by atoms with E-state index in [1.807, 2.05) is 11.8 Å². The van der Waals surface area contributed by atoms with Crippen LogP contribution in [0.15, 0.2) is 65.6 Å². The van der Waals surface area contributed by atoms with Crippen molar-refractivity contribution >= 4 is 11.8 Å². The molecule has 110 valence electrons. The van der Waals surface area contributed by atoms with E-state index in [0.717, 1.165) is 6.61 Å². The molecule has 2 atom stereocenters. The molecular weight excluding hydrogens is 276 g/mol. The molecule has 1 nitrogen and oxygen atoms in total. The van der Waals surface area contributed by atoms with Gasteiger partial charge in [-0.05, 0) is 29.5 Å². The molecule has 2 heteroatoms. The molecule has 1 aliphatic rings. The monoisotopic (exact) mass is 298 g/mol. The van der Waals surface area contributed by atoms with Crippen LogP contribution in [-0.4, -0.2) is 11.9 Å². The minimum atomic E-state index is 0.185. The molecule has 21 heavy (non-hydrogen) atoms. The Morgan fingerprint density at radius 1 is 0.952 bits per heavy atom. The van der Waals surface area contributed by atoms with Crippen LogP contribution in [0, 0.1) is 5.41 Å². The Kier molecular flexibility index (Phi) is 4.37. The Balaban J connectivity index is 1.84. The van der Waals surface area contributed by atoms with Crippen LogP contribution in [-0.2, 0) is 4.74 Å². The molecule has 1 aliphatic heterocycles. The number of hydrogen-bond acceptors (Lipinski definition) is 2. The number of hydrogen-bond donors (Lipinski definition) is 0. The molecule has 2 aromatic rings. The minimum Gasteiger partial charge on any atom is -0.372 e. The lowest BCUT2D eigenvalue weighted by Gasteiger charge is -2.40. The second kappa shape index (κ2) is 6.25. The molecule has 0 N–H and O–H groups in total. The zero-order chi connectivity index (χ0) is 14.7. The van der Waals surface area contributed by atoms with Crippen LogP contribution in [0.3, 0.4) is 0 Å². The first-order chi connectivity index (χ1) is 10.1. The third-order valence-corrected chi connectivity index (χ3v) is 5.16. The van der Waals surface area contributed by atoms with Gasteiger partial charge in [0.2, 0.25) is 0 Å². The zero-order valence-corrected chi connectivity index (χ0v) is 13.5. The normalized spacial score (nSPS) is 24.7. The summed E-state index contributed by atoms with van der Waals surface area (Å²) in [5.74, 6) is 0. The van der Waals surface area contributed by atoms with Gasteiger partial charge in [0.05, 0.1) is 12.7 Å². The highest BCUT2D eigenvalue weighted by atomic mass is 32.2. The lowest BCUT2D eigenvalue weighted by atomic mass is 9.83. The highest BCUT2D eigenvalue weighted by Crippen LogP contribution is 2.45. The maximum Gasteiger partial charge on any atom is 0.0947 e. The maximum atomic E-state index is 6.24. The van der Waals surface area contributed by atoms with E-state index in [1.54, 1.807) is 0 Å². The van der Waals surface area contributed by atoms with Crippen LogP contribution in [0.1, 0.15) is 31.9 Å². The van der Waals surface area contributed by atoms with Crippen LogP contribution >= 0.6 is 11.8 Å². The van der Waals surface area contributed by atoms with Crippen LogP contribution in [0.5, 0.6) is 0 Å². The van der Waals surface area contributed by atoms with Gasteiger partial charge in [-0.25, -0.2) is 0 Å². The van der Waals surface area contributed by atoms with Gasteiger partial charge in [0.25, 0.3) is 0 Å². The van der Waals surface area contributed by atoms with Crippen molar-refractivity contribution in [3.63, 3.8) is 0 Å². The second-order valence-electron chi connectivity index (χ2n) is 6.48. The molecule has 0 aliphatic carbocycles. The van der Waals surface area contributed by atoms with Gasteiger partial charge in [-0.1, -0.05) is 62.4 Å². The molecule has 1 heterocycles. The van der Waals surface area contributed by atoms with Gasteiger partial charge in [-0.2, -0.15) is 0 Å². The molecule has 0 amide bonds. The molecule has 1 saturated heterocycles. The average molecular weight is 298 g/mol. The molecule has 1 fully saturated rings. The van der Waals surface area contributed by atoms with Crippen LogP contribution in [0.4, 0.5) is 0 Å². The summed E-state index contributed by atoms with van der Waals surface area (Å²) in [4.78, 5) is 1.32. The molecule has 0 unspecified atom stereocenters. The van der Waals surface area contributed by atoms with Crippen molar-refractivity contribution < 1.29 is 4.74 Å². The fourth-order valence-corrected chi connectivity index (χ4v) is 4.42. The molecule has 0 spiro atoms. The Labute approximate surface area is 131 Å². The quantitative estimate of drug-likeness (QED) is 0.757. The predicted octanol–water partition coefficient (Wildman–Crippen LogP) is 5.34. The van der Waals surface area contributed by atoms with E-state index in [1.165, 1.54) is 16.9 Å². The maximum absolute atomic E-state index is 6.24. The third-order valence-electron chi connectivity index (χ3n) is 3.90. The molecule has 0 saturated carbocycles. The Hall–Kier alpha value is -1.25. The fourth-order valence-electron chi connectivity index (χ4n) is 2.86. The van der Waals surface area contributed by atoms with Crippen LogP contribution in [0.2, 0.25) is 0 Å². The largest absolute Gasteiger partial charge is 0.372 e. The SMILES string of the molecule is CC1(C)CO[C@H](c2ccccc2)[C@@H](Sc2ccccc2)C1. The second-order valence-corrected chi connectivity index (χ2v) is 7.79. The van der Waals surface area contributed by atoms with Gasteiger partial charge in [-0.15, -0.1) is 11.8 Å². The van der Waals surface area contributed by atoms with Gasteiger partial charge < -0.3 is 4.74 Å². The van der Waals surface area contributed by atoms with Crippen molar-refractivity contribution in [2.24, 2.45) is 5.41 Å². The Bertz CT molecular complexity index is 565. The van der Waals surface area contributed by atoms with Gasteiger partial charge in [0, 0.05) is 10.1 Å². The highest BCUT2D eigenvalue weighted by Gasteiger charge is 2.37. The molecular formula is C19H22OS. The standard InChI is InChI=1S/C19H22OS/c1-19(2)13-17(21-16-11-7-4-8-12-16)18(20-14-19)15-9-5-3-6-10-15/h3-12,17-18H,13-14H2,1-2H3/t17-,18+/m0/s1. The van der Waals surface area contributed by atoms with Crippen LogP contribution in [0.25, 0.3) is 0 Å². The van der Waals surface area contributed by atoms with Crippen molar-refractivity contribution in [2.75, 3.05) is 6.61 Å². The topological polar surface area (TPSA) is 9.23 Å². The van der Waals surface area contributed by atoms with Crippen molar-refractivity contribution in [3.8, 4) is 0 Å². The minimum absolute atomic E-state index is 0.185. The number of rotatable bonds is 3. The highest BCUT2D eigenvalue weighted by molar-refractivity contribution is 8.00. The predicted molar refractivity (Wildman–Crippen MR) is 89.6 cm³/mol. The average Bonchev–Trinajstić information content (AvgIpc) is 2.48. The number of ether oxygens (including phenoxy) is 1. The van der Waals surface area contributed by atoms with E-state index in [9.17, 15) is 0 Å². The molecule has 3 rings (SSSR count). The van der Waals surface area contributed by atoms with E-state index in [0.29, 0.717) is 5.25 Å². The molecule has 0 radical (unpaired) electrons. The van der Waals surface area contributed by atoms with Gasteiger partial charge in [0.1, 0.15) is 0 Å². The first-order valence-electron chi connectivity index (χ1n) is 7.52. The van der Waals surface area contributed by atoms with E-state index >= 15 is 0 Å². The zero-order valence-electron chi connectivity index (χ0n) is 12.7. The van der Waals surface area contributed by atoms with E-state index in [2.05, 4.69) is 74.5 Å². The fraction of sp³-hybridized carbons (Fsp3) is 0.368. The lowest BCUT2D eigenvalue weighted by Crippen LogP contribution is -2.36. The van der Waals surface area contributed by atoms with Gasteiger partial charge in [0.15, 0.2) is 0 Å². The van der Waals surface area contributed by atoms with Crippen molar-refractivity contribution in [1.29, 1.82) is 0 Å². The number of thioether (sulfide) groups is 1. The first-order valence-corrected chi connectivity index (χ1v) is 8.40. The van der Waals surface area contributed by atoms with Gasteiger partial charge in [-0.3, -0.25) is 0 Å². The van der Waals surface area contributed by atoms with Crippen molar-refractivity contribution in [1.82, 2.24) is 0 Å². The summed E-state index contributed by atoms with van der Waals surface area (Å²) in [6.07, 6.45) is 1.36. The van der Waals surface area contributed by atoms with Crippen LogP contribution < -0.4 is 0 Å². The first kappa shape index (κ1) is 14.7.